The Bertz CT molecular complexity index is 626. The van der Waals surface area contributed by atoms with Crippen LogP contribution in [-0.2, 0) is 13.1 Å². The van der Waals surface area contributed by atoms with Crippen molar-refractivity contribution in [2.75, 3.05) is 0 Å². The lowest BCUT2D eigenvalue weighted by molar-refractivity contribution is 0.189. The molecule has 8 heteroatoms. The van der Waals surface area contributed by atoms with Gasteiger partial charge in [-0.25, -0.2) is 11.3 Å². The summed E-state index contributed by atoms with van der Waals surface area (Å²) in [4.78, 5) is 20.9. The molecule has 128 valence electrons. The first-order chi connectivity index (χ1) is 11.5. The van der Waals surface area contributed by atoms with E-state index in [-0.39, 0.29) is 5.24 Å². The van der Waals surface area contributed by atoms with Crippen LogP contribution in [0.5, 0.6) is 0 Å². The maximum atomic E-state index is 11.5. The molecule has 6 nitrogen and oxygen atoms in total. The van der Waals surface area contributed by atoms with Crippen LogP contribution in [-0.4, -0.2) is 15.5 Å². The molecule has 0 aliphatic heterocycles. The average Bonchev–Trinajstić information content (AvgIpc) is 2.60. The highest BCUT2D eigenvalue weighted by Gasteiger charge is 2.09. The number of rotatable bonds is 5. The van der Waals surface area contributed by atoms with Crippen LogP contribution in [0.15, 0.2) is 60.7 Å². The van der Waals surface area contributed by atoms with Crippen LogP contribution in [0.2, 0.25) is 0 Å². The highest BCUT2D eigenvalue weighted by Crippen LogP contribution is 2.06. The summed E-state index contributed by atoms with van der Waals surface area (Å²) >= 11 is 7.12. The number of hydrazine groups is 2. The largest absolute Gasteiger partial charge is 0.293 e. The highest BCUT2D eigenvalue weighted by molar-refractivity contribution is 7.96. The third-order valence-corrected chi connectivity index (χ3v) is 3.23. The summed E-state index contributed by atoms with van der Waals surface area (Å²) in [6.07, 6.45) is 0. The predicted molar refractivity (Wildman–Crippen MR) is 101 cm³/mol. The van der Waals surface area contributed by atoms with Gasteiger partial charge in [-0.05, 0) is 11.1 Å². The normalized spacial score (nSPS) is 9.46. The van der Waals surface area contributed by atoms with Gasteiger partial charge in [0.05, 0.1) is 6.54 Å². The van der Waals surface area contributed by atoms with Crippen LogP contribution in [0.25, 0.3) is 0 Å². The average molecular weight is 364 g/mol. The van der Waals surface area contributed by atoms with E-state index in [1.807, 2.05) is 60.7 Å². The van der Waals surface area contributed by atoms with Crippen molar-refractivity contribution in [3.05, 3.63) is 71.8 Å². The number of thiol groups is 2. The molecule has 0 spiro atoms. The summed E-state index contributed by atoms with van der Waals surface area (Å²) in [5.74, 6) is 4.50. The molecular formula is C16H20N4O2S2. The van der Waals surface area contributed by atoms with E-state index in [0.29, 0.717) is 13.1 Å². The second-order valence-corrected chi connectivity index (χ2v) is 5.41. The first kappa shape index (κ1) is 20.0. The number of amides is 2. The third-order valence-electron chi connectivity index (χ3n) is 2.85. The van der Waals surface area contributed by atoms with E-state index in [9.17, 15) is 9.59 Å². The Morgan fingerprint density at radius 2 is 1.38 bits per heavy atom. The minimum atomic E-state index is -0.523. The molecule has 2 aromatic rings. The van der Waals surface area contributed by atoms with E-state index < -0.39 is 5.24 Å². The van der Waals surface area contributed by atoms with Crippen LogP contribution < -0.4 is 16.7 Å². The second kappa shape index (κ2) is 11.5. The molecule has 0 atom stereocenters. The molecular weight excluding hydrogens is 344 g/mol. The van der Waals surface area contributed by atoms with E-state index in [1.54, 1.807) is 5.43 Å². The van der Waals surface area contributed by atoms with Gasteiger partial charge in [-0.15, -0.1) is 0 Å². The number of carbonyl (C=O) groups excluding carboxylic acids is 2. The number of hydrogen-bond acceptors (Lipinski definition) is 4. The topological polar surface area (TPSA) is 87.5 Å². The molecule has 2 aromatic carbocycles. The summed E-state index contributed by atoms with van der Waals surface area (Å²) in [7, 11) is 0. The van der Waals surface area contributed by atoms with Gasteiger partial charge in [0.15, 0.2) is 0 Å². The van der Waals surface area contributed by atoms with Gasteiger partial charge in [0.1, 0.15) is 0 Å². The van der Waals surface area contributed by atoms with Gasteiger partial charge in [0, 0.05) is 6.54 Å². The van der Waals surface area contributed by atoms with Gasteiger partial charge >= 0.3 is 0 Å². The molecule has 0 radical (unpaired) electrons. The molecule has 0 aliphatic rings. The standard InChI is InChI=1S/C15H16N2OS.CH4N2OS/c18-15(19)17(12-14-9-5-2-6-10-14)16-11-13-7-3-1-4-8-13;2-3-1(4)5/h1-10,16H,11-12H2,(H,18,19);2H2,(H2,3,4,5). The maximum absolute atomic E-state index is 11.5. The van der Waals surface area contributed by atoms with Gasteiger partial charge < -0.3 is 0 Å². The van der Waals surface area contributed by atoms with E-state index in [1.165, 1.54) is 5.01 Å². The first-order valence-electron chi connectivity index (χ1n) is 7.04. The molecule has 4 N–H and O–H groups in total. The van der Waals surface area contributed by atoms with Crippen LogP contribution in [0, 0.1) is 0 Å². The van der Waals surface area contributed by atoms with Gasteiger partial charge in [0.2, 0.25) is 0 Å². The Morgan fingerprint density at radius 3 is 1.79 bits per heavy atom. The van der Waals surface area contributed by atoms with Crippen LogP contribution in [0.3, 0.4) is 0 Å². The minimum absolute atomic E-state index is 0.292. The Hall–Kier alpha value is -2.00. The van der Waals surface area contributed by atoms with E-state index >= 15 is 0 Å². The van der Waals surface area contributed by atoms with Crippen molar-refractivity contribution in [1.82, 2.24) is 15.9 Å². The Balaban J connectivity index is 0.000000505. The molecule has 0 heterocycles. The summed E-state index contributed by atoms with van der Waals surface area (Å²) in [5, 5.41) is 0.690. The van der Waals surface area contributed by atoms with Gasteiger partial charge in [-0.3, -0.25) is 20.0 Å². The van der Waals surface area contributed by atoms with Crippen LogP contribution in [0.4, 0.5) is 9.59 Å². The van der Waals surface area contributed by atoms with E-state index in [0.717, 1.165) is 11.1 Å². The zero-order valence-electron chi connectivity index (χ0n) is 12.9. The highest BCUT2D eigenvalue weighted by atomic mass is 32.1. The molecule has 0 aromatic heterocycles. The van der Waals surface area contributed by atoms with Gasteiger partial charge in [0.25, 0.3) is 10.5 Å². The second-order valence-electron chi connectivity index (χ2n) is 4.62. The van der Waals surface area contributed by atoms with Crippen LogP contribution in [0.1, 0.15) is 11.1 Å². The minimum Gasteiger partial charge on any atom is -0.285 e. The van der Waals surface area contributed by atoms with E-state index in [4.69, 9.17) is 0 Å². The SMILES string of the molecule is NNC(=O)S.O=C(S)N(Cc1ccccc1)NCc1ccccc1. The number of hydrogen-bond donors (Lipinski definition) is 5. The number of nitrogens with zero attached hydrogens (tertiary/aromatic N) is 1. The molecule has 0 fully saturated rings. The Labute approximate surface area is 152 Å². The first-order valence-corrected chi connectivity index (χ1v) is 7.93. The summed E-state index contributed by atoms with van der Waals surface area (Å²) in [6, 6.07) is 19.8. The van der Waals surface area contributed by atoms with Crippen molar-refractivity contribution in [1.29, 1.82) is 0 Å². The summed E-state index contributed by atoms with van der Waals surface area (Å²) in [5.41, 5.74) is 7.03. The lowest BCUT2D eigenvalue weighted by Crippen LogP contribution is -2.38. The Morgan fingerprint density at radius 1 is 0.917 bits per heavy atom. The molecule has 0 aliphatic carbocycles. The van der Waals surface area contributed by atoms with Crippen molar-refractivity contribution in [2.45, 2.75) is 13.1 Å². The Kier molecular flexibility index (Phi) is 9.62. The van der Waals surface area contributed by atoms with Gasteiger partial charge in [-0.2, -0.15) is 0 Å². The quantitative estimate of drug-likeness (QED) is 0.244. The van der Waals surface area contributed by atoms with Crippen molar-refractivity contribution in [3.8, 4) is 0 Å². The molecule has 0 unspecified atom stereocenters. The number of carbonyl (C=O) groups is 2. The fourth-order valence-corrected chi connectivity index (χ4v) is 1.88. The molecule has 2 rings (SSSR count). The molecule has 0 bridgehead atoms. The van der Waals surface area contributed by atoms with Crippen molar-refractivity contribution in [2.24, 2.45) is 5.84 Å². The monoisotopic (exact) mass is 364 g/mol. The van der Waals surface area contributed by atoms with Gasteiger partial charge in [-0.1, -0.05) is 85.9 Å². The van der Waals surface area contributed by atoms with Crippen molar-refractivity contribution in [3.63, 3.8) is 0 Å². The summed E-state index contributed by atoms with van der Waals surface area (Å²) in [6.45, 7) is 1.09. The zero-order valence-corrected chi connectivity index (χ0v) is 14.7. The number of nitrogens with two attached hydrogens (primary N) is 1. The van der Waals surface area contributed by atoms with E-state index in [2.05, 4.69) is 36.5 Å². The fourth-order valence-electron chi connectivity index (χ4n) is 1.74. The van der Waals surface area contributed by atoms with Crippen LogP contribution >= 0.6 is 25.3 Å². The third kappa shape index (κ3) is 8.59. The number of nitrogens with one attached hydrogen (secondary N) is 2. The molecule has 0 saturated heterocycles. The predicted octanol–water partition coefficient (Wildman–Crippen LogP) is 2.74. The summed E-state index contributed by atoms with van der Waals surface area (Å²) < 4.78 is 0. The lowest BCUT2D eigenvalue weighted by atomic mass is 10.2. The van der Waals surface area contributed by atoms with Crippen molar-refractivity contribution >= 4 is 35.7 Å². The smallest absolute Gasteiger partial charge is 0.285 e. The van der Waals surface area contributed by atoms with Crippen molar-refractivity contribution < 1.29 is 9.59 Å². The maximum Gasteiger partial charge on any atom is 0.293 e. The zero-order chi connectivity index (χ0) is 17.8. The molecule has 0 saturated carbocycles. The number of benzene rings is 2. The molecule has 2 amide bonds. The lowest BCUT2D eigenvalue weighted by Gasteiger charge is -2.21. The molecule has 24 heavy (non-hydrogen) atoms. The fraction of sp³-hybridized carbons (Fsp3) is 0.125.